The summed E-state index contributed by atoms with van der Waals surface area (Å²) in [6, 6.07) is 9.35. The number of benzene rings is 2. The number of hydrogen-bond donors (Lipinski definition) is 6. The number of carbonyl (C=O) groups excluding carboxylic acids is 1. The second kappa shape index (κ2) is 13.4. The predicted octanol–water partition coefficient (Wildman–Crippen LogP) is 0.177. The van der Waals surface area contributed by atoms with Crippen molar-refractivity contribution in [2.24, 2.45) is 4.99 Å². The molecule has 0 saturated heterocycles. The van der Waals surface area contributed by atoms with E-state index in [0.29, 0.717) is 6.07 Å². The molecule has 0 fully saturated rings. The van der Waals surface area contributed by atoms with Crippen LogP contribution in [0.4, 0.5) is 11.4 Å². The van der Waals surface area contributed by atoms with Crippen molar-refractivity contribution in [3.05, 3.63) is 102 Å². The molecular formula is C24H17N4O10S2Y2-. The van der Waals surface area contributed by atoms with E-state index in [0.717, 1.165) is 25.1 Å². The number of hydrazine groups is 1. The van der Waals surface area contributed by atoms with E-state index in [9.17, 15) is 45.4 Å². The van der Waals surface area contributed by atoms with Gasteiger partial charge >= 0.3 is 0 Å². The molecule has 2 radical (unpaired) electrons. The van der Waals surface area contributed by atoms with Gasteiger partial charge in [0, 0.05) is 82.5 Å². The normalized spacial score (nSPS) is 12.7. The van der Waals surface area contributed by atoms with E-state index in [1.54, 1.807) is 0 Å². The summed E-state index contributed by atoms with van der Waals surface area (Å²) in [5, 5.41) is 15.1. The van der Waals surface area contributed by atoms with Gasteiger partial charge in [0.2, 0.25) is 0 Å². The molecule has 6 N–H and O–H groups in total. The molecular weight excluding hydrogens is 746 g/mol. The largest absolute Gasteiger partial charge is 0.595 e. The maximum atomic E-state index is 13.4. The Balaban J connectivity index is 0.00000308. The Bertz CT molecular complexity index is 2280. The van der Waals surface area contributed by atoms with Crippen molar-refractivity contribution >= 4 is 48.7 Å². The molecule has 2 aromatic rings. The van der Waals surface area contributed by atoms with Gasteiger partial charge in [-0.15, -0.1) is 0 Å². The van der Waals surface area contributed by atoms with Gasteiger partial charge < -0.3 is 20.8 Å². The van der Waals surface area contributed by atoms with Gasteiger partial charge in [-0.1, -0.05) is 31.2 Å². The topological polar surface area (TPSA) is 240 Å². The Morgan fingerprint density at radius 2 is 1.43 bits per heavy atom. The molecule has 2 aliphatic carbocycles. The van der Waals surface area contributed by atoms with Gasteiger partial charge in [0.25, 0.3) is 20.2 Å². The number of rotatable bonds is 7. The maximum Gasteiger partial charge on any atom is 0.296 e. The summed E-state index contributed by atoms with van der Waals surface area (Å²) in [6.07, 6.45) is 1.37. The number of hydrogen-bond acceptors (Lipinski definition) is 12. The van der Waals surface area contributed by atoms with Gasteiger partial charge in [0.05, 0.1) is 32.5 Å². The van der Waals surface area contributed by atoms with Crippen molar-refractivity contribution in [3.63, 3.8) is 0 Å². The molecule has 0 aromatic heterocycles. The fraction of sp³-hybridized carbons (Fsp3) is 0.0417. The van der Waals surface area contributed by atoms with Crippen LogP contribution in [-0.4, -0.2) is 37.3 Å². The average molecular weight is 763 g/mol. The Morgan fingerprint density at radius 1 is 0.881 bits per heavy atom. The average Bonchev–Trinajstić information content (AvgIpc) is 2.87. The summed E-state index contributed by atoms with van der Waals surface area (Å²) in [6.45, 7) is 1.15. The molecule has 18 heteroatoms. The summed E-state index contributed by atoms with van der Waals surface area (Å²) in [4.78, 5) is 39.8. The molecule has 0 unspecified atom stereocenters. The molecule has 14 nitrogen and oxygen atoms in total. The molecule has 0 spiro atoms. The molecule has 2 aromatic carbocycles. The van der Waals surface area contributed by atoms with E-state index in [-0.39, 0.29) is 87.6 Å². The van der Waals surface area contributed by atoms with Gasteiger partial charge in [-0.2, -0.15) is 16.8 Å². The zero-order valence-electron chi connectivity index (χ0n) is 21.2. The van der Waals surface area contributed by atoms with Crippen LogP contribution >= 0.6 is 0 Å². The first kappa shape index (κ1) is 35.6. The van der Waals surface area contributed by atoms with Gasteiger partial charge in [-0.05, 0) is 35.7 Å². The number of aliphatic hydroxyl groups excluding tert-OH is 1. The van der Waals surface area contributed by atoms with Crippen molar-refractivity contribution < 1.29 is 101 Å². The van der Waals surface area contributed by atoms with Crippen LogP contribution in [0, 0.1) is 15.8 Å². The third kappa shape index (κ3) is 6.97. The number of nitrogens with one attached hydrogen (secondary N) is 3. The first-order valence-corrected chi connectivity index (χ1v) is 13.7. The standard InChI is InChI=1S/C24H17N4O10S2.2Y/c1-11(30)17(10-29)28-27-15-7-6-12(8-18(15)39(33,34)35)26-16-9-19(40(36,37)38)22(25)21-20(16)23(31)13-4-2-3-5-14(13)24(21)32;;/h2-9,25,27-28,30H,1H3,(H,33,34,35)(H,36,37,38);;/q-1;;/b17-11-,25-22?,26-16?;;. The van der Waals surface area contributed by atoms with Crippen molar-refractivity contribution in [3.8, 4) is 0 Å². The molecule has 0 aliphatic heterocycles. The zero-order valence-corrected chi connectivity index (χ0v) is 28.5. The fourth-order valence-corrected chi connectivity index (χ4v) is 5.18. The number of allylic oxidation sites excluding steroid dienone is 2. The summed E-state index contributed by atoms with van der Waals surface area (Å²) in [5.74, 6) is -0.486. The number of fused-ring (bicyclic) bond motifs is 1. The number of aliphatic hydroxyl groups is 1. The first-order chi connectivity index (χ1) is 18.6. The van der Waals surface area contributed by atoms with Crippen molar-refractivity contribution in [2.45, 2.75) is 16.7 Å². The maximum absolute atomic E-state index is 13.4. The van der Waals surface area contributed by atoms with E-state index in [1.165, 1.54) is 30.6 Å². The van der Waals surface area contributed by atoms with Crippen molar-refractivity contribution in [1.29, 1.82) is 5.41 Å². The summed E-state index contributed by atoms with van der Waals surface area (Å²) in [7, 11) is -10.0. The smallest absolute Gasteiger partial charge is 0.296 e. The summed E-state index contributed by atoms with van der Waals surface area (Å²) < 4.78 is 67.6. The number of nitrogens with zero attached hydrogens (tertiary/aromatic N) is 1. The third-order valence-corrected chi connectivity index (χ3v) is 7.47. The van der Waals surface area contributed by atoms with Crippen molar-refractivity contribution in [2.75, 3.05) is 5.43 Å². The third-order valence-electron chi connectivity index (χ3n) is 5.70. The van der Waals surface area contributed by atoms with Crippen LogP contribution in [0.1, 0.15) is 6.92 Å². The van der Waals surface area contributed by atoms with E-state index in [1.807, 2.05) is 0 Å². The van der Waals surface area contributed by atoms with E-state index < -0.39 is 73.5 Å². The van der Waals surface area contributed by atoms with Crippen LogP contribution in [0.3, 0.4) is 0 Å². The van der Waals surface area contributed by atoms with Gasteiger partial charge in [-0.25, -0.2) is 4.99 Å². The molecule has 0 heterocycles. The van der Waals surface area contributed by atoms with E-state index in [2.05, 4.69) is 15.8 Å². The summed E-state index contributed by atoms with van der Waals surface area (Å²) in [5.41, 5.74) is 1.81. The van der Waals surface area contributed by atoms with Gasteiger partial charge in [-0.3, -0.25) is 24.1 Å². The predicted molar refractivity (Wildman–Crippen MR) is 139 cm³/mol. The molecule has 0 amide bonds. The fourth-order valence-electron chi connectivity index (χ4n) is 3.90. The van der Waals surface area contributed by atoms with Crippen LogP contribution in [-0.2, 0) is 90.4 Å². The monoisotopic (exact) mass is 763 g/mol. The minimum absolute atomic E-state index is 0. The SMILES string of the molecule is C/C(O)=C(\[C-]=O)NNc1ccc(N=c2cc(S(=O)(=O)O)c(=N)c3c(=O)c4ccccc4c(=O)c2=3)cc1S(=O)(=O)O.[Y].[Y]. The molecule has 4 rings (SSSR count). The quantitative estimate of drug-likeness (QED) is 0.0486. The van der Waals surface area contributed by atoms with Crippen LogP contribution < -0.4 is 32.4 Å². The molecule has 0 saturated carbocycles. The van der Waals surface area contributed by atoms with E-state index in [4.69, 9.17) is 5.41 Å². The molecule has 212 valence electrons. The first-order valence-electron chi connectivity index (χ1n) is 10.9. The second-order valence-electron chi connectivity index (χ2n) is 8.28. The Morgan fingerprint density at radius 3 is 1.93 bits per heavy atom. The van der Waals surface area contributed by atoms with Crippen LogP contribution in [0.5, 0.6) is 0 Å². The number of anilines is 1. The van der Waals surface area contributed by atoms with Gasteiger partial charge in [0.15, 0.2) is 10.9 Å². The molecule has 2 aliphatic rings. The Labute approximate surface area is 286 Å². The van der Waals surface area contributed by atoms with E-state index >= 15 is 0 Å². The molecule has 42 heavy (non-hydrogen) atoms. The molecule has 0 atom stereocenters. The minimum atomic E-state index is -5.08. The van der Waals surface area contributed by atoms with Crippen LogP contribution in [0.15, 0.2) is 84.4 Å². The Kier molecular flexibility index (Phi) is 11.4. The zero-order chi connectivity index (χ0) is 29.6. The van der Waals surface area contributed by atoms with Crippen LogP contribution in [0.2, 0.25) is 0 Å². The van der Waals surface area contributed by atoms with Crippen molar-refractivity contribution in [1.82, 2.24) is 5.43 Å². The van der Waals surface area contributed by atoms with Gasteiger partial charge in [0.1, 0.15) is 9.79 Å². The Hall–Kier alpha value is -2.56. The minimum Gasteiger partial charge on any atom is -0.595 e. The molecule has 0 bridgehead atoms. The second-order valence-corrected chi connectivity index (χ2v) is 11.1. The summed E-state index contributed by atoms with van der Waals surface area (Å²) >= 11 is 0. The van der Waals surface area contributed by atoms with Crippen LogP contribution in [0.25, 0.3) is 10.8 Å².